The number of benzene rings is 2. The normalized spacial score (nSPS) is 16.0. The van der Waals surface area contributed by atoms with Gasteiger partial charge in [-0.05, 0) is 78.6 Å². The first-order valence-electron chi connectivity index (χ1n) is 10.5. The Kier molecular flexibility index (Phi) is 6.11. The van der Waals surface area contributed by atoms with Crippen LogP contribution < -0.4 is 9.46 Å². The van der Waals surface area contributed by atoms with Gasteiger partial charge in [0.2, 0.25) is 15.9 Å². The van der Waals surface area contributed by atoms with E-state index in [1.54, 1.807) is 24.1 Å². The van der Waals surface area contributed by atoms with Crippen molar-refractivity contribution in [2.75, 3.05) is 20.2 Å². The predicted octanol–water partition coefficient (Wildman–Crippen LogP) is 2.83. The maximum atomic E-state index is 12.7. The van der Waals surface area contributed by atoms with Crippen LogP contribution in [0.15, 0.2) is 41.3 Å². The predicted molar refractivity (Wildman–Crippen MR) is 115 cm³/mol. The SMILES string of the molecule is COc1ccc2c(c1)CN(C(=O)CCNS(=O)(=O)c1ccc3c(c1)CCCC3)CC2. The van der Waals surface area contributed by atoms with E-state index in [2.05, 4.69) is 4.72 Å². The number of fused-ring (bicyclic) bond motifs is 2. The highest BCUT2D eigenvalue weighted by Gasteiger charge is 2.22. The smallest absolute Gasteiger partial charge is 0.240 e. The minimum Gasteiger partial charge on any atom is -0.497 e. The Hall–Kier alpha value is -2.38. The second kappa shape index (κ2) is 8.78. The molecule has 2 aromatic carbocycles. The van der Waals surface area contributed by atoms with Gasteiger partial charge in [0.1, 0.15) is 5.75 Å². The van der Waals surface area contributed by atoms with Gasteiger partial charge in [0.05, 0.1) is 12.0 Å². The molecule has 160 valence electrons. The van der Waals surface area contributed by atoms with E-state index < -0.39 is 10.0 Å². The monoisotopic (exact) mass is 428 g/mol. The summed E-state index contributed by atoms with van der Waals surface area (Å²) >= 11 is 0. The minimum atomic E-state index is -3.62. The van der Waals surface area contributed by atoms with Crippen LogP contribution in [0, 0.1) is 0 Å². The Balaban J connectivity index is 1.34. The van der Waals surface area contributed by atoms with Crippen molar-refractivity contribution < 1.29 is 17.9 Å². The number of sulfonamides is 1. The van der Waals surface area contributed by atoms with Gasteiger partial charge in [-0.3, -0.25) is 4.79 Å². The zero-order chi connectivity index (χ0) is 21.1. The van der Waals surface area contributed by atoms with E-state index in [4.69, 9.17) is 4.74 Å². The Morgan fingerprint density at radius 2 is 1.73 bits per heavy atom. The molecule has 1 amide bonds. The number of hydrogen-bond donors (Lipinski definition) is 1. The highest BCUT2D eigenvalue weighted by atomic mass is 32.2. The molecule has 1 aliphatic carbocycles. The molecule has 0 spiro atoms. The zero-order valence-corrected chi connectivity index (χ0v) is 18.1. The summed E-state index contributed by atoms with van der Waals surface area (Å²) in [5, 5.41) is 0. The third-order valence-electron chi connectivity index (χ3n) is 6.04. The van der Waals surface area contributed by atoms with Crippen molar-refractivity contribution in [3.63, 3.8) is 0 Å². The second-order valence-corrected chi connectivity index (χ2v) is 9.75. The van der Waals surface area contributed by atoms with Crippen LogP contribution in [0.25, 0.3) is 0 Å². The van der Waals surface area contributed by atoms with Gasteiger partial charge in [-0.2, -0.15) is 0 Å². The van der Waals surface area contributed by atoms with Crippen molar-refractivity contribution in [3.05, 3.63) is 58.7 Å². The second-order valence-electron chi connectivity index (χ2n) is 7.99. The Labute approximate surface area is 178 Å². The lowest BCUT2D eigenvalue weighted by molar-refractivity contribution is -0.131. The fourth-order valence-electron chi connectivity index (χ4n) is 4.28. The standard InChI is InChI=1S/C23H28N2O4S/c1-29-21-8-6-18-11-13-25(16-20(18)14-21)23(26)10-12-24-30(27,28)22-9-7-17-4-2-3-5-19(17)15-22/h6-9,14-15,24H,2-5,10-13,16H2,1H3. The molecule has 4 rings (SSSR count). The van der Waals surface area contributed by atoms with E-state index in [-0.39, 0.29) is 23.8 Å². The first-order valence-corrected chi connectivity index (χ1v) is 12.0. The van der Waals surface area contributed by atoms with E-state index >= 15 is 0 Å². The molecule has 6 nitrogen and oxygen atoms in total. The fraction of sp³-hybridized carbons (Fsp3) is 0.435. The molecule has 1 N–H and O–H groups in total. The number of methoxy groups -OCH3 is 1. The van der Waals surface area contributed by atoms with Gasteiger partial charge >= 0.3 is 0 Å². The van der Waals surface area contributed by atoms with Gasteiger partial charge in [0.15, 0.2) is 0 Å². The molecule has 7 heteroatoms. The number of carbonyl (C=O) groups excluding carboxylic acids is 1. The van der Waals surface area contributed by atoms with Crippen molar-refractivity contribution in [2.45, 2.75) is 50.0 Å². The number of carbonyl (C=O) groups is 1. The fourth-order valence-corrected chi connectivity index (χ4v) is 5.37. The lowest BCUT2D eigenvalue weighted by Gasteiger charge is -2.29. The summed E-state index contributed by atoms with van der Waals surface area (Å²) in [5.41, 5.74) is 4.69. The summed E-state index contributed by atoms with van der Waals surface area (Å²) in [6.45, 7) is 1.28. The van der Waals surface area contributed by atoms with E-state index in [9.17, 15) is 13.2 Å². The average molecular weight is 429 g/mol. The molecule has 0 saturated carbocycles. The van der Waals surface area contributed by atoms with Crippen molar-refractivity contribution in [3.8, 4) is 5.75 Å². The van der Waals surface area contributed by atoms with Crippen molar-refractivity contribution in [1.29, 1.82) is 0 Å². The Bertz CT molecular complexity index is 1050. The van der Waals surface area contributed by atoms with Crippen LogP contribution in [0.3, 0.4) is 0 Å². The summed E-state index contributed by atoms with van der Waals surface area (Å²) in [7, 11) is -1.99. The molecular formula is C23H28N2O4S. The lowest BCUT2D eigenvalue weighted by atomic mass is 9.92. The van der Waals surface area contributed by atoms with Crippen LogP contribution in [0.4, 0.5) is 0 Å². The molecule has 1 aliphatic heterocycles. The summed E-state index contributed by atoms with van der Waals surface area (Å²) in [6.07, 6.45) is 5.15. The zero-order valence-electron chi connectivity index (χ0n) is 17.3. The van der Waals surface area contributed by atoms with Gasteiger partial charge in [-0.15, -0.1) is 0 Å². The third kappa shape index (κ3) is 4.52. The first-order chi connectivity index (χ1) is 14.5. The molecule has 2 aromatic rings. The Morgan fingerprint density at radius 3 is 2.53 bits per heavy atom. The van der Waals surface area contributed by atoms with E-state index in [0.29, 0.717) is 13.1 Å². The van der Waals surface area contributed by atoms with Gasteiger partial charge in [0.25, 0.3) is 0 Å². The van der Waals surface area contributed by atoms with Crippen LogP contribution in [0.1, 0.15) is 41.5 Å². The van der Waals surface area contributed by atoms with Crippen LogP contribution >= 0.6 is 0 Å². The lowest BCUT2D eigenvalue weighted by Crippen LogP contribution is -2.38. The van der Waals surface area contributed by atoms with Gasteiger partial charge in [-0.25, -0.2) is 13.1 Å². The largest absolute Gasteiger partial charge is 0.497 e. The number of nitrogens with zero attached hydrogens (tertiary/aromatic N) is 1. The van der Waals surface area contributed by atoms with Crippen molar-refractivity contribution in [1.82, 2.24) is 9.62 Å². The van der Waals surface area contributed by atoms with Gasteiger partial charge < -0.3 is 9.64 Å². The molecular weight excluding hydrogens is 400 g/mol. The average Bonchev–Trinajstić information content (AvgIpc) is 2.77. The summed E-state index contributed by atoms with van der Waals surface area (Å²) in [4.78, 5) is 14.7. The molecule has 2 aliphatic rings. The van der Waals surface area contributed by atoms with E-state index in [0.717, 1.165) is 49.0 Å². The Morgan fingerprint density at radius 1 is 1.00 bits per heavy atom. The van der Waals surface area contributed by atoms with Crippen molar-refractivity contribution >= 4 is 15.9 Å². The molecule has 0 unspecified atom stereocenters. The first kappa shape index (κ1) is 20.9. The number of aryl methyl sites for hydroxylation is 2. The topological polar surface area (TPSA) is 75.7 Å². The highest BCUT2D eigenvalue weighted by molar-refractivity contribution is 7.89. The third-order valence-corrected chi connectivity index (χ3v) is 7.50. The molecule has 0 saturated heterocycles. The molecule has 30 heavy (non-hydrogen) atoms. The molecule has 0 atom stereocenters. The van der Waals surface area contributed by atoms with Gasteiger partial charge in [-0.1, -0.05) is 12.1 Å². The number of amides is 1. The minimum absolute atomic E-state index is 0.0448. The molecule has 1 heterocycles. The summed E-state index contributed by atoms with van der Waals surface area (Å²) in [5.74, 6) is 0.734. The van der Waals surface area contributed by atoms with E-state index in [1.165, 1.54) is 11.1 Å². The van der Waals surface area contributed by atoms with Crippen LogP contribution in [0.2, 0.25) is 0 Å². The molecule has 0 aromatic heterocycles. The quantitative estimate of drug-likeness (QED) is 0.768. The van der Waals surface area contributed by atoms with Crippen molar-refractivity contribution in [2.24, 2.45) is 0 Å². The van der Waals surface area contributed by atoms with Gasteiger partial charge in [0, 0.05) is 26.1 Å². The molecule has 0 fully saturated rings. The maximum absolute atomic E-state index is 12.7. The number of nitrogens with one attached hydrogen (secondary N) is 1. The number of rotatable bonds is 6. The number of hydrogen-bond acceptors (Lipinski definition) is 4. The van der Waals surface area contributed by atoms with Crippen LogP contribution in [0.5, 0.6) is 5.75 Å². The summed E-state index contributed by atoms with van der Waals surface area (Å²) in [6, 6.07) is 11.3. The highest BCUT2D eigenvalue weighted by Crippen LogP contribution is 2.25. The molecule has 0 bridgehead atoms. The molecule has 0 radical (unpaired) electrons. The summed E-state index contributed by atoms with van der Waals surface area (Å²) < 4.78 is 33.2. The maximum Gasteiger partial charge on any atom is 0.240 e. The van der Waals surface area contributed by atoms with Crippen LogP contribution in [-0.2, 0) is 40.6 Å². The van der Waals surface area contributed by atoms with E-state index in [1.807, 2.05) is 24.3 Å². The number of ether oxygens (including phenoxy) is 1. The van der Waals surface area contributed by atoms with Crippen LogP contribution in [-0.4, -0.2) is 39.4 Å².